The van der Waals surface area contributed by atoms with Gasteiger partial charge in [-0.3, -0.25) is 11.3 Å². The summed E-state index contributed by atoms with van der Waals surface area (Å²) in [5.41, 5.74) is 2.91. The van der Waals surface area contributed by atoms with Gasteiger partial charge in [0.05, 0.1) is 0 Å². The SMILES string of the molecule is CCCCCC(Cc1cccs1)NN. The zero-order chi connectivity index (χ0) is 10.2. The zero-order valence-electron chi connectivity index (χ0n) is 8.83. The van der Waals surface area contributed by atoms with Crippen LogP contribution >= 0.6 is 11.3 Å². The van der Waals surface area contributed by atoms with Crippen LogP contribution < -0.4 is 11.3 Å². The highest BCUT2D eigenvalue weighted by Crippen LogP contribution is 2.14. The predicted octanol–water partition coefficient (Wildman–Crippen LogP) is 2.70. The standard InChI is InChI=1S/C11H20N2S/c1-2-3-4-6-10(13-12)9-11-7-5-8-14-11/h5,7-8,10,13H,2-4,6,9,12H2,1H3. The first-order valence-electron chi connectivity index (χ1n) is 5.35. The Balaban J connectivity index is 2.24. The van der Waals surface area contributed by atoms with Gasteiger partial charge in [0.15, 0.2) is 0 Å². The van der Waals surface area contributed by atoms with Gasteiger partial charge in [0.1, 0.15) is 0 Å². The van der Waals surface area contributed by atoms with Crippen molar-refractivity contribution in [3.05, 3.63) is 22.4 Å². The molecule has 2 nitrogen and oxygen atoms in total. The second-order valence-corrected chi connectivity index (χ2v) is 4.68. The van der Waals surface area contributed by atoms with Crippen molar-refractivity contribution in [2.24, 2.45) is 5.84 Å². The highest BCUT2D eigenvalue weighted by molar-refractivity contribution is 7.09. The van der Waals surface area contributed by atoms with Crippen LogP contribution in [0.15, 0.2) is 17.5 Å². The number of rotatable bonds is 7. The van der Waals surface area contributed by atoms with Gasteiger partial charge in [-0.05, 0) is 24.3 Å². The van der Waals surface area contributed by atoms with Crippen molar-refractivity contribution in [1.82, 2.24) is 5.43 Å². The summed E-state index contributed by atoms with van der Waals surface area (Å²) in [6.07, 6.45) is 6.11. The smallest absolute Gasteiger partial charge is 0.0258 e. The van der Waals surface area contributed by atoms with E-state index in [-0.39, 0.29) is 0 Å². The molecule has 0 bridgehead atoms. The van der Waals surface area contributed by atoms with E-state index in [0.717, 1.165) is 6.42 Å². The lowest BCUT2D eigenvalue weighted by molar-refractivity contribution is 0.469. The Morgan fingerprint density at radius 3 is 2.93 bits per heavy atom. The van der Waals surface area contributed by atoms with Gasteiger partial charge < -0.3 is 0 Å². The largest absolute Gasteiger partial charge is 0.271 e. The second kappa shape index (κ2) is 6.98. The molecule has 1 heterocycles. The van der Waals surface area contributed by atoms with Crippen molar-refractivity contribution >= 4 is 11.3 Å². The van der Waals surface area contributed by atoms with Crippen molar-refractivity contribution < 1.29 is 0 Å². The van der Waals surface area contributed by atoms with Crippen LogP contribution in [-0.2, 0) is 6.42 Å². The molecule has 1 atom stereocenters. The summed E-state index contributed by atoms with van der Waals surface area (Å²) in [7, 11) is 0. The molecule has 1 rings (SSSR count). The molecule has 0 aliphatic carbocycles. The van der Waals surface area contributed by atoms with Crippen LogP contribution in [0, 0.1) is 0 Å². The maximum absolute atomic E-state index is 5.53. The monoisotopic (exact) mass is 212 g/mol. The molecule has 0 fully saturated rings. The lowest BCUT2D eigenvalue weighted by Crippen LogP contribution is -2.36. The normalized spacial score (nSPS) is 13.0. The first-order chi connectivity index (χ1) is 6.86. The number of hydrogen-bond acceptors (Lipinski definition) is 3. The van der Waals surface area contributed by atoms with E-state index in [2.05, 4.69) is 29.9 Å². The number of hydrogen-bond donors (Lipinski definition) is 2. The zero-order valence-corrected chi connectivity index (χ0v) is 9.65. The molecule has 0 aliphatic rings. The Hall–Kier alpha value is -0.380. The summed E-state index contributed by atoms with van der Waals surface area (Å²) in [5, 5.41) is 2.12. The van der Waals surface area contributed by atoms with Crippen LogP contribution in [-0.4, -0.2) is 6.04 Å². The summed E-state index contributed by atoms with van der Waals surface area (Å²) in [6, 6.07) is 4.72. The Bertz CT molecular complexity index is 221. The van der Waals surface area contributed by atoms with Gasteiger partial charge in [0.25, 0.3) is 0 Å². The van der Waals surface area contributed by atoms with Gasteiger partial charge in [-0.2, -0.15) is 0 Å². The Kier molecular flexibility index (Phi) is 5.83. The minimum absolute atomic E-state index is 0.445. The molecule has 1 aromatic heterocycles. The number of thiophene rings is 1. The molecule has 80 valence electrons. The first kappa shape index (κ1) is 11.7. The van der Waals surface area contributed by atoms with Crippen molar-refractivity contribution in [3.8, 4) is 0 Å². The molecule has 0 radical (unpaired) electrons. The first-order valence-corrected chi connectivity index (χ1v) is 6.23. The topological polar surface area (TPSA) is 38.0 Å². The van der Waals surface area contributed by atoms with E-state index >= 15 is 0 Å². The number of hydrazine groups is 1. The minimum Gasteiger partial charge on any atom is -0.271 e. The molecule has 3 N–H and O–H groups in total. The number of nitrogens with two attached hydrogens (primary N) is 1. The minimum atomic E-state index is 0.445. The summed E-state index contributed by atoms with van der Waals surface area (Å²) >= 11 is 1.81. The third kappa shape index (κ3) is 4.22. The van der Waals surface area contributed by atoms with Gasteiger partial charge in [0, 0.05) is 10.9 Å². The van der Waals surface area contributed by atoms with Gasteiger partial charge in [-0.1, -0.05) is 32.3 Å². The fourth-order valence-corrected chi connectivity index (χ4v) is 2.34. The van der Waals surface area contributed by atoms with E-state index in [1.165, 1.54) is 30.6 Å². The van der Waals surface area contributed by atoms with Gasteiger partial charge in [-0.25, -0.2) is 0 Å². The molecule has 0 saturated heterocycles. The van der Waals surface area contributed by atoms with Crippen LogP contribution in [0.25, 0.3) is 0 Å². The molecule has 0 saturated carbocycles. The van der Waals surface area contributed by atoms with Crippen LogP contribution in [0.3, 0.4) is 0 Å². The van der Waals surface area contributed by atoms with E-state index < -0.39 is 0 Å². The van der Waals surface area contributed by atoms with E-state index in [1.807, 2.05) is 11.3 Å². The third-order valence-corrected chi connectivity index (χ3v) is 3.32. The van der Waals surface area contributed by atoms with E-state index in [0.29, 0.717) is 6.04 Å². The molecule has 1 unspecified atom stereocenters. The van der Waals surface area contributed by atoms with Crippen molar-refractivity contribution in [2.45, 2.75) is 45.1 Å². The quantitative estimate of drug-likeness (QED) is 0.414. The van der Waals surface area contributed by atoms with Gasteiger partial charge >= 0.3 is 0 Å². The van der Waals surface area contributed by atoms with Crippen LogP contribution in [0.4, 0.5) is 0 Å². The molecule has 14 heavy (non-hydrogen) atoms. The number of nitrogens with one attached hydrogen (secondary N) is 1. The Labute approximate surface area is 90.5 Å². The lowest BCUT2D eigenvalue weighted by Gasteiger charge is -2.14. The fourth-order valence-electron chi connectivity index (χ4n) is 1.56. The highest BCUT2D eigenvalue weighted by Gasteiger charge is 2.07. The van der Waals surface area contributed by atoms with Crippen LogP contribution in [0.5, 0.6) is 0 Å². The van der Waals surface area contributed by atoms with E-state index in [9.17, 15) is 0 Å². The predicted molar refractivity (Wildman–Crippen MR) is 63.3 cm³/mol. The van der Waals surface area contributed by atoms with Crippen molar-refractivity contribution in [1.29, 1.82) is 0 Å². The molecule has 0 amide bonds. The average molecular weight is 212 g/mol. The second-order valence-electron chi connectivity index (χ2n) is 3.64. The molecular weight excluding hydrogens is 192 g/mol. The van der Waals surface area contributed by atoms with Gasteiger partial charge in [-0.15, -0.1) is 11.3 Å². The molecule has 1 aromatic rings. The molecule has 0 spiro atoms. The van der Waals surface area contributed by atoms with Crippen LogP contribution in [0.2, 0.25) is 0 Å². The van der Waals surface area contributed by atoms with Gasteiger partial charge in [0.2, 0.25) is 0 Å². The summed E-state index contributed by atoms with van der Waals surface area (Å²) < 4.78 is 0. The summed E-state index contributed by atoms with van der Waals surface area (Å²) in [6.45, 7) is 2.23. The van der Waals surface area contributed by atoms with E-state index in [4.69, 9.17) is 5.84 Å². The maximum Gasteiger partial charge on any atom is 0.0258 e. The highest BCUT2D eigenvalue weighted by atomic mass is 32.1. The molecule has 0 aliphatic heterocycles. The lowest BCUT2D eigenvalue weighted by atomic mass is 10.1. The summed E-state index contributed by atoms with van der Waals surface area (Å²) in [4.78, 5) is 1.42. The maximum atomic E-state index is 5.53. The molecular formula is C11H20N2S. The van der Waals surface area contributed by atoms with Crippen molar-refractivity contribution in [3.63, 3.8) is 0 Å². The average Bonchev–Trinajstić information content (AvgIpc) is 2.69. The molecule has 3 heteroatoms. The Morgan fingerprint density at radius 1 is 1.50 bits per heavy atom. The summed E-state index contributed by atoms with van der Waals surface area (Å²) in [5.74, 6) is 5.53. The van der Waals surface area contributed by atoms with E-state index in [1.54, 1.807) is 0 Å². The molecule has 0 aromatic carbocycles. The fraction of sp³-hybridized carbons (Fsp3) is 0.636. The van der Waals surface area contributed by atoms with Crippen LogP contribution in [0.1, 0.15) is 37.5 Å². The Morgan fingerprint density at radius 2 is 2.36 bits per heavy atom. The van der Waals surface area contributed by atoms with Crippen molar-refractivity contribution in [2.75, 3.05) is 0 Å². The third-order valence-electron chi connectivity index (χ3n) is 2.42. The number of unbranched alkanes of at least 4 members (excludes halogenated alkanes) is 2.